The zero-order valence-corrected chi connectivity index (χ0v) is 19.1. The van der Waals surface area contributed by atoms with Gasteiger partial charge in [0.2, 0.25) is 5.91 Å². The average Bonchev–Trinajstić information content (AvgIpc) is 2.84. The number of nitrogens with zero attached hydrogens (tertiary/aromatic N) is 1. The Morgan fingerprint density at radius 3 is 2.58 bits per heavy atom. The summed E-state index contributed by atoms with van der Waals surface area (Å²) in [6.07, 6.45) is 0.420. The summed E-state index contributed by atoms with van der Waals surface area (Å²) in [5.74, 6) is 0.446. The number of carbonyl (C=O) groups is 2. The fraction of sp³-hybridized carbons (Fsp3) is 0.259. The monoisotopic (exact) mass is 444 g/mol. The van der Waals surface area contributed by atoms with Crippen molar-refractivity contribution in [2.24, 2.45) is 0 Å². The largest absolute Gasteiger partial charge is 0.493 e. The molecule has 0 bridgehead atoms. The van der Waals surface area contributed by atoms with E-state index in [1.807, 2.05) is 24.3 Å². The lowest BCUT2D eigenvalue weighted by atomic mass is 9.95. The average molecular weight is 445 g/mol. The van der Waals surface area contributed by atoms with Crippen molar-refractivity contribution in [3.8, 4) is 22.6 Å². The van der Waals surface area contributed by atoms with Gasteiger partial charge in [0.15, 0.2) is 11.5 Å². The standard InChI is InChI=1S/C27H28N2O4/c1-18-8-4-5-11-21(18)20-10-6-9-19(16-20)17-23-26(30)28-14-15-29(23)27(31)22-12-7-13-24(32-2)25(22)33-3/h4-13,16,23H,14-15,17H2,1-3H3,(H,28,30). The quantitative estimate of drug-likeness (QED) is 0.627. The highest BCUT2D eigenvalue weighted by atomic mass is 16.5. The lowest BCUT2D eigenvalue weighted by Crippen LogP contribution is -2.58. The lowest BCUT2D eigenvalue weighted by Gasteiger charge is -2.35. The number of carbonyl (C=O) groups excluding carboxylic acids is 2. The van der Waals surface area contributed by atoms with Crippen molar-refractivity contribution in [1.29, 1.82) is 0 Å². The molecule has 0 spiro atoms. The number of ether oxygens (including phenoxy) is 2. The summed E-state index contributed by atoms with van der Waals surface area (Å²) in [6.45, 7) is 2.92. The Hall–Kier alpha value is -3.80. The number of rotatable bonds is 6. The minimum Gasteiger partial charge on any atom is -0.493 e. The Balaban J connectivity index is 1.64. The maximum Gasteiger partial charge on any atom is 0.258 e. The maximum absolute atomic E-state index is 13.5. The van der Waals surface area contributed by atoms with Crippen LogP contribution in [0.25, 0.3) is 11.1 Å². The van der Waals surface area contributed by atoms with Crippen LogP contribution in [0.2, 0.25) is 0 Å². The third-order valence-electron chi connectivity index (χ3n) is 6.04. The van der Waals surface area contributed by atoms with Gasteiger partial charge < -0.3 is 19.7 Å². The van der Waals surface area contributed by atoms with Gasteiger partial charge in [0.1, 0.15) is 6.04 Å². The first kappa shape index (κ1) is 22.4. The third kappa shape index (κ3) is 4.55. The highest BCUT2D eigenvalue weighted by molar-refractivity contribution is 6.01. The summed E-state index contributed by atoms with van der Waals surface area (Å²) in [5, 5.41) is 2.91. The summed E-state index contributed by atoms with van der Waals surface area (Å²) in [4.78, 5) is 28.0. The van der Waals surface area contributed by atoms with E-state index in [1.165, 1.54) is 19.8 Å². The Kier molecular flexibility index (Phi) is 6.63. The summed E-state index contributed by atoms with van der Waals surface area (Å²) >= 11 is 0. The van der Waals surface area contributed by atoms with Crippen LogP contribution in [0.3, 0.4) is 0 Å². The number of methoxy groups -OCH3 is 2. The van der Waals surface area contributed by atoms with E-state index < -0.39 is 6.04 Å². The number of benzene rings is 3. The van der Waals surface area contributed by atoms with E-state index in [9.17, 15) is 9.59 Å². The summed E-state index contributed by atoms with van der Waals surface area (Å²) in [5.41, 5.74) is 4.81. The second-order valence-corrected chi connectivity index (χ2v) is 8.07. The topological polar surface area (TPSA) is 67.9 Å². The van der Waals surface area contributed by atoms with Crippen molar-refractivity contribution in [2.75, 3.05) is 27.3 Å². The van der Waals surface area contributed by atoms with Crippen LogP contribution in [0.15, 0.2) is 66.7 Å². The molecule has 0 radical (unpaired) electrons. The van der Waals surface area contributed by atoms with Gasteiger partial charge in [0.05, 0.1) is 19.8 Å². The first-order chi connectivity index (χ1) is 16.0. The van der Waals surface area contributed by atoms with Gasteiger partial charge >= 0.3 is 0 Å². The number of amides is 2. The molecule has 0 aliphatic carbocycles. The molecule has 3 aromatic carbocycles. The molecule has 1 atom stereocenters. The van der Waals surface area contributed by atoms with Gasteiger partial charge in [-0.1, -0.05) is 54.6 Å². The van der Waals surface area contributed by atoms with Gasteiger partial charge in [-0.3, -0.25) is 9.59 Å². The van der Waals surface area contributed by atoms with Gasteiger partial charge in [-0.15, -0.1) is 0 Å². The Bertz CT molecular complexity index is 1170. The molecular weight excluding hydrogens is 416 g/mol. The van der Waals surface area contributed by atoms with Crippen molar-refractivity contribution in [2.45, 2.75) is 19.4 Å². The number of nitrogens with one attached hydrogen (secondary N) is 1. The van der Waals surface area contributed by atoms with E-state index >= 15 is 0 Å². The summed E-state index contributed by atoms with van der Waals surface area (Å²) in [6, 6.07) is 20.9. The zero-order chi connectivity index (χ0) is 23.4. The summed E-state index contributed by atoms with van der Waals surface area (Å²) in [7, 11) is 3.04. The number of hydrogen-bond donors (Lipinski definition) is 1. The highest BCUT2D eigenvalue weighted by Crippen LogP contribution is 2.32. The van der Waals surface area contributed by atoms with Gasteiger partial charge in [-0.05, 0) is 41.3 Å². The fourth-order valence-corrected chi connectivity index (χ4v) is 4.36. The molecule has 1 saturated heterocycles. The van der Waals surface area contributed by atoms with Crippen LogP contribution in [0.4, 0.5) is 0 Å². The van der Waals surface area contributed by atoms with Crippen LogP contribution in [-0.4, -0.2) is 50.1 Å². The molecule has 1 heterocycles. The van der Waals surface area contributed by atoms with Crippen LogP contribution in [-0.2, 0) is 11.2 Å². The van der Waals surface area contributed by atoms with Gasteiger partial charge in [0, 0.05) is 19.5 Å². The van der Waals surface area contributed by atoms with E-state index in [2.05, 4.69) is 36.5 Å². The second-order valence-electron chi connectivity index (χ2n) is 8.07. The number of piperazine rings is 1. The maximum atomic E-state index is 13.5. The highest BCUT2D eigenvalue weighted by Gasteiger charge is 2.35. The van der Waals surface area contributed by atoms with Crippen molar-refractivity contribution in [3.05, 3.63) is 83.4 Å². The molecule has 4 rings (SSSR count). The van der Waals surface area contributed by atoms with E-state index in [4.69, 9.17) is 9.47 Å². The second kappa shape index (κ2) is 9.77. The van der Waals surface area contributed by atoms with E-state index in [1.54, 1.807) is 23.1 Å². The van der Waals surface area contributed by atoms with E-state index in [0.29, 0.717) is 36.6 Å². The van der Waals surface area contributed by atoms with E-state index in [0.717, 1.165) is 16.7 Å². The van der Waals surface area contributed by atoms with Crippen LogP contribution in [0.1, 0.15) is 21.5 Å². The number of aryl methyl sites for hydroxylation is 1. The summed E-state index contributed by atoms with van der Waals surface area (Å²) < 4.78 is 10.8. The molecule has 1 aliphatic rings. The minimum absolute atomic E-state index is 0.155. The van der Waals surface area contributed by atoms with Crippen LogP contribution in [0.5, 0.6) is 11.5 Å². The Labute approximate surface area is 194 Å². The molecule has 2 amide bonds. The van der Waals surface area contributed by atoms with Gasteiger partial charge in [-0.25, -0.2) is 0 Å². The molecule has 0 aromatic heterocycles. The molecule has 1 fully saturated rings. The first-order valence-corrected chi connectivity index (χ1v) is 11.0. The molecule has 0 saturated carbocycles. The molecule has 33 heavy (non-hydrogen) atoms. The lowest BCUT2D eigenvalue weighted by molar-refractivity contribution is -0.127. The smallest absolute Gasteiger partial charge is 0.258 e. The predicted octanol–water partition coefficient (Wildman–Crippen LogP) is 3.86. The normalized spacial score (nSPS) is 15.7. The Morgan fingerprint density at radius 1 is 1.03 bits per heavy atom. The molecule has 1 N–H and O–H groups in total. The molecule has 1 aliphatic heterocycles. The molecule has 6 nitrogen and oxygen atoms in total. The predicted molar refractivity (Wildman–Crippen MR) is 128 cm³/mol. The van der Waals surface area contributed by atoms with Crippen molar-refractivity contribution >= 4 is 11.8 Å². The minimum atomic E-state index is -0.616. The molecule has 6 heteroatoms. The SMILES string of the molecule is COc1cccc(C(=O)N2CCNC(=O)C2Cc2cccc(-c3ccccc3C)c2)c1OC. The molecule has 1 unspecified atom stereocenters. The van der Waals surface area contributed by atoms with Gasteiger partial charge in [-0.2, -0.15) is 0 Å². The molecular formula is C27H28N2O4. The Morgan fingerprint density at radius 2 is 1.82 bits per heavy atom. The van der Waals surface area contributed by atoms with Crippen molar-refractivity contribution in [1.82, 2.24) is 10.2 Å². The van der Waals surface area contributed by atoms with Crippen LogP contribution in [0, 0.1) is 6.92 Å². The molecule has 170 valence electrons. The van der Waals surface area contributed by atoms with Gasteiger partial charge in [0.25, 0.3) is 5.91 Å². The van der Waals surface area contributed by atoms with Crippen LogP contribution >= 0.6 is 0 Å². The fourth-order valence-electron chi connectivity index (χ4n) is 4.36. The van der Waals surface area contributed by atoms with Crippen molar-refractivity contribution in [3.63, 3.8) is 0 Å². The number of hydrogen-bond acceptors (Lipinski definition) is 4. The van der Waals surface area contributed by atoms with E-state index in [-0.39, 0.29) is 11.8 Å². The third-order valence-corrected chi connectivity index (χ3v) is 6.04. The first-order valence-electron chi connectivity index (χ1n) is 11.0. The molecule has 3 aromatic rings. The zero-order valence-electron chi connectivity index (χ0n) is 19.1. The van der Waals surface area contributed by atoms with Crippen LogP contribution < -0.4 is 14.8 Å². The number of para-hydroxylation sites is 1. The van der Waals surface area contributed by atoms with Crippen molar-refractivity contribution < 1.29 is 19.1 Å².